The third-order valence-electron chi connectivity index (χ3n) is 4.81. The van der Waals surface area contributed by atoms with Crippen molar-refractivity contribution in [1.29, 1.82) is 5.26 Å². The second-order valence-corrected chi connectivity index (χ2v) is 7.95. The summed E-state index contributed by atoms with van der Waals surface area (Å²) in [4.78, 5) is 15.9. The Labute approximate surface area is 175 Å². The van der Waals surface area contributed by atoms with E-state index in [0.29, 0.717) is 49.6 Å². The highest BCUT2D eigenvalue weighted by Crippen LogP contribution is 2.28. The number of benzene rings is 1. The zero-order valence-electron chi connectivity index (χ0n) is 16.6. The molecule has 0 aliphatic carbocycles. The molecule has 1 unspecified atom stereocenters. The number of nitrogens with zero attached hydrogens (tertiary/aromatic N) is 2. The summed E-state index contributed by atoms with van der Waals surface area (Å²) in [6.07, 6.45) is 3.23. The van der Waals surface area contributed by atoms with Gasteiger partial charge in [-0.1, -0.05) is 6.07 Å². The molecule has 1 fully saturated rings. The number of carbonyl (C=O) groups excluding carboxylic acids is 1. The number of nitriles is 1. The highest BCUT2D eigenvalue weighted by Gasteiger charge is 2.23. The van der Waals surface area contributed by atoms with E-state index in [0.717, 1.165) is 19.4 Å². The number of thiophene rings is 1. The Morgan fingerprint density at radius 2 is 2.28 bits per heavy atom. The van der Waals surface area contributed by atoms with E-state index in [-0.39, 0.29) is 12.0 Å². The third-order valence-corrected chi connectivity index (χ3v) is 5.67. The van der Waals surface area contributed by atoms with E-state index in [4.69, 9.17) is 19.5 Å². The Bertz CT molecular complexity index is 826. The number of ether oxygens (including phenoxy) is 3. The van der Waals surface area contributed by atoms with Crippen LogP contribution in [-0.2, 0) is 16.1 Å². The summed E-state index contributed by atoms with van der Waals surface area (Å²) >= 11 is 1.66. The van der Waals surface area contributed by atoms with Gasteiger partial charge in [0, 0.05) is 30.5 Å². The van der Waals surface area contributed by atoms with Crippen LogP contribution in [-0.4, -0.2) is 43.8 Å². The number of rotatable bonds is 10. The summed E-state index contributed by atoms with van der Waals surface area (Å²) in [6.45, 7) is 2.45. The smallest absolute Gasteiger partial charge is 0.223 e. The lowest BCUT2D eigenvalue weighted by atomic mass is 10.2. The van der Waals surface area contributed by atoms with E-state index < -0.39 is 0 Å². The summed E-state index contributed by atoms with van der Waals surface area (Å²) in [6, 6.07) is 11.2. The first-order chi connectivity index (χ1) is 14.2. The van der Waals surface area contributed by atoms with E-state index in [1.807, 2.05) is 16.3 Å². The SMILES string of the molecule is COc1cc(C#N)ccc1OCCCC(=O)N(Cc1cccs1)CC1CCCO1. The number of hydrogen-bond donors (Lipinski definition) is 0. The molecular formula is C22H26N2O4S. The molecule has 2 aromatic rings. The molecule has 29 heavy (non-hydrogen) atoms. The Morgan fingerprint density at radius 1 is 1.38 bits per heavy atom. The third kappa shape index (κ3) is 6.21. The van der Waals surface area contributed by atoms with E-state index in [9.17, 15) is 4.79 Å². The van der Waals surface area contributed by atoms with Crippen LogP contribution < -0.4 is 9.47 Å². The predicted octanol–water partition coefficient (Wildman–Crippen LogP) is 4.00. The van der Waals surface area contributed by atoms with Crippen molar-refractivity contribution in [1.82, 2.24) is 4.90 Å². The number of carbonyl (C=O) groups is 1. The van der Waals surface area contributed by atoms with E-state index >= 15 is 0 Å². The number of amides is 1. The molecule has 0 saturated carbocycles. The second-order valence-electron chi connectivity index (χ2n) is 6.92. The maximum Gasteiger partial charge on any atom is 0.223 e. The summed E-state index contributed by atoms with van der Waals surface area (Å²) in [5, 5.41) is 11.0. The maximum absolute atomic E-state index is 12.8. The fraction of sp³-hybridized carbons (Fsp3) is 0.455. The standard InChI is InChI=1S/C22H26N2O4S/c1-26-21-13-17(14-23)8-9-20(21)28-11-3-7-22(25)24(15-18-5-2-10-27-18)16-19-6-4-12-29-19/h4,6,8-9,12-13,18H,2-3,5,7,10-11,15-16H2,1H3. The van der Waals surface area contributed by atoms with Gasteiger partial charge in [-0.2, -0.15) is 5.26 Å². The summed E-state index contributed by atoms with van der Waals surface area (Å²) in [5.41, 5.74) is 0.516. The maximum atomic E-state index is 12.8. The van der Waals surface area contributed by atoms with Gasteiger partial charge in [0.15, 0.2) is 11.5 Å². The van der Waals surface area contributed by atoms with Gasteiger partial charge in [-0.05, 0) is 42.8 Å². The van der Waals surface area contributed by atoms with Crippen LogP contribution in [0.4, 0.5) is 0 Å². The summed E-state index contributed by atoms with van der Waals surface area (Å²) < 4.78 is 16.8. The molecule has 1 amide bonds. The molecule has 6 nitrogen and oxygen atoms in total. The second kappa shape index (κ2) is 10.8. The molecule has 0 bridgehead atoms. The Balaban J connectivity index is 1.51. The molecule has 1 aliphatic heterocycles. The van der Waals surface area contributed by atoms with Crippen LogP contribution in [0.5, 0.6) is 11.5 Å². The Morgan fingerprint density at radius 3 is 2.97 bits per heavy atom. The molecule has 1 atom stereocenters. The van der Waals surface area contributed by atoms with Crippen LogP contribution in [0.1, 0.15) is 36.1 Å². The molecule has 0 spiro atoms. The lowest BCUT2D eigenvalue weighted by Crippen LogP contribution is -2.36. The normalized spacial score (nSPS) is 15.7. The molecule has 0 N–H and O–H groups in total. The van der Waals surface area contributed by atoms with Crippen LogP contribution >= 0.6 is 11.3 Å². The molecule has 1 aromatic carbocycles. The average molecular weight is 415 g/mol. The topological polar surface area (TPSA) is 71.8 Å². The summed E-state index contributed by atoms with van der Waals surface area (Å²) in [5.74, 6) is 1.21. The van der Waals surface area contributed by atoms with Gasteiger partial charge in [-0.25, -0.2) is 0 Å². The zero-order chi connectivity index (χ0) is 20.5. The van der Waals surface area contributed by atoms with Gasteiger partial charge < -0.3 is 19.1 Å². The van der Waals surface area contributed by atoms with Crippen molar-refractivity contribution in [3.63, 3.8) is 0 Å². The zero-order valence-corrected chi connectivity index (χ0v) is 17.5. The van der Waals surface area contributed by atoms with Crippen molar-refractivity contribution < 1.29 is 19.0 Å². The molecule has 1 aliphatic rings. The first-order valence-corrected chi connectivity index (χ1v) is 10.7. The van der Waals surface area contributed by atoms with Crippen LogP contribution in [0.15, 0.2) is 35.7 Å². The first-order valence-electron chi connectivity index (χ1n) is 9.82. The highest BCUT2D eigenvalue weighted by atomic mass is 32.1. The fourth-order valence-corrected chi connectivity index (χ4v) is 4.02. The Hall–Kier alpha value is -2.56. The van der Waals surface area contributed by atoms with Crippen molar-refractivity contribution in [2.45, 2.75) is 38.3 Å². The van der Waals surface area contributed by atoms with Gasteiger partial charge >= 0.3 is 0 Å². The van der Waals surface area contributed by atoms with Gasteiger partial charge in [0.25, 0.3) is 0 Å². The van der Waals surface area contributed by atoms with Crippen LogP contribution in [0, 0.1) is 11.3 Å². The monoisotopic (exact) mass is 414 g/mol. The highest BCUT2D eigenvalue weighted by molar-refractivity contribution is 7.09. The van der Waals surface area contributed by atoms with Crippen LogP contribution in [0.2, 0.25) is 0 Å². The quantitative estimate of drug-likeness (QED) is 0.550. The van der Waals surface area contributed by atoms with Crippen molar-refractivity contribution in [2.24, 2.45) is 0 Å². The Kier molecular flexibility index (Phi) is 7.91. The molecule has 1 saturated heterocycles. The van der Waals surface area contributed by atoms with E-state index in [2.05, 4.69) is 12.1 Å². The predicted molar refractivity (Wildman–Crippen MR) is 111 cm³/mol. The van der Waals surface area contributed by atoms with Crippen molar-refractivity contribution in [2.75, 3.05) is 26.9 Å². The van der Waals surface area contributed by atoms with Gasteiger partial charge in [-0.15, -0.1) is 11.3 Å². The summed E-state index contributed by atoms with van der Waals surface area (Å²) in [7, 11) is 1.54. The van der Waals surface area contributed by atoms with Crippen LogP contribution in [0.3, 0.4) is 0 Å². The first kappa shape index (κ1) is 21.2. The fourth-order valence-electron chi connectivity index (χ4n) is 3.30. The van der Waals surface area contributed by atoms with Crippen molar-refractivity contribution >= 4 is 17.2 Å². The largest absolute Gasteiger partial charge is 0.493 e. The molecule has 154 valence electrons. The average Bonchev–Trinajstić information content (AvgIpc) is 3.45. The van der Waals surface area contributed by atoms with Gasteiger partial charge in [-0.3, -0.25) is 4.79 Å². The molecule has 0 radical (unpaired) electrons. The molecule has 1 aromatic heterocycles. The number of hydrogen-bond acceptors (Lipinski definition) is 6. The molecule has 3 rings (SSSR count). The van der Waals surface area contributed by atoms with E-state index in [1.54, 1.807) is 36.6 Å². The van der Waals surface area contributed by atoms with Crippen LogP contribution in [0.25, 0.3) is 0 Å². The minimum atomic E-state index is 0.115. The van der Waals surface area contributed by atoms with Gasteiger partial charge in [0.1, 0.15) is 0 Å². The molecule has 7 heteroatoms. The minimum Gasteiger partial charge on any atom is -0.493 e. The van der Waals surface area contributed by atoms with E-state index in [1.165, 1.54) is 4.88 Å². The number of methoxy groups -OCH3 is 1. The minimum absolute atomic E-state index is 0.115. The van der Waals surface area contributed by atoms with Gasteiger partial charge in [0.05, 0.1) is 38.0 Å². The molecule has 2 heterocycles. The molecular weight excluding hydrogens is 388 g/mol. The lowest BCUT2D eigenvalue weighted by Gasteiger charge is -2.25. The van der Waals surface area contributed by atoms with Gasteiger partial charge in [0.2, 0.25) is 5.91 Å². The van der Waals surface area contributed by atoms with Crippen molar-refractivity contribution in [3.8, 4) is 17.6 Å². The lowest BCUT2D eigenvalue weighted by molar-refractivity contribution is -0.133. The van der Waals surface area contributed by atoms with Crippen molar-refractivity contribution in [3.05, 3.63) is 46.2 Å².